The lowest BCUT2D eigenvalue weighted by Gasteiger charge is -2.18. The lowest BCUT2D eigenvalue weighted by molar-refractivity contribution is 0.174. The van der Waals surface area contributed by atoms with E-state index in [0.717, 1.165) is 30.1 Å². The van der Waals surface area contributed by atoms with Crippen LogP contribution in [0.2, 0.25) is 0 Å². The minimum Gasteiger partial charge on any atom is -0.616 e. The summed E-state index contributed by atoms with van der Waals surface area (Å²) in [6, 6.07) is 6.01. The van der Waals surface area contributed by atoms with E-state index in [0.29, 0.717) is 6.79 Å². The number of aromatic nitrogens is 4. The highest BCUT2D eigenvalue weighted by atomic mass is 32.2. The number of nitrogens with zero attached hydrogens (tertiary/aromatic N) is 2. The van der Waals surface area contributed by atoms with Crippen LogP contribution in [0.3, 0.4) is 0 Å². The molecular weight excluding hydrogens is 424 g/mol. The van der Waals surface area contributed by atoms with Crippen LogP contribution in [-0.4, -0.2) is 42.3 Å². The van der Waals surface area contributed by atoms with E-state index in [-0.39, 0.29) is 5.25 Å². The molecule has 1 aliphatic heterocycles. The van der Waals surface area contributed by atoms with E-state index in [2.05, 4.69) is 33.8 Å². The van der Waals surface area contributed by atoms with E-state index in [9.17, 15) is 4.55 Å². The zero-order chi connectivity index (χ0) is 22.9. The van der Waals surface area contributed by atoms with Crippen LogP contribution in [0.25, 0.3) is 0 Å². The van der Waals surface area contributed by atoms with Gasteiger partial charge in [-0.15, -0.1) is 0 Å². The van der Waals surface area contributed by atoms with Gasteiger partial charge in [0.15, 0.2) is 11.5 Å². The van der Waals surface area contributed by atoms with Gasteiger partial charge in [0.1, 0.15) is 11.0 Å². The minimum atomic E-state index is -0.743. The summed E-state index contributed by atoms with van der Waals surface area (Å²) in [5, 5.41) is 0.191. The van der Waals surface area contributed by atoms with Crippen molar-refractivity contribution in [3.05, 3.63) is 61.2 Å². The van der Waals surface area contributed by atoms with E-state index in [4.69, 9.17) is 9.47 Å². The molecule has 0 saturated carbocycles. The van der Waals surface area contributed by atoms with E-state index in [1.807, 2.05) is 18.2 Å². The highest BCUT2D eigenvalue weighted by Crippen LogP contribution is 2.33. The maximum Gasteiger partial charge on any atom is 0.231 e. The zero-order valence-electron chi connectivity index (χ0n) is 19.2. The number of nitrogens with one attached hydrogen (secondary N) is 2. The summed E-state index contributed by atoms with van der Waals surface area (Å²) in [5.74, 6) is 2.45. The van der Waals surface area contributed by atoms with Crippen LogP contribution in [0.4, 0.5) is 0 Å². The largest absolute Gasteiger partial charge is 0.616 e. The topological polar surface area (TPSA) is 98.9 Å². The average Bonchev–Trinajstić information content (AvgIpc) is 3.61. The maximum atomic E-state index is 12.3. The average molecular weight is 461 g/mol. The van der Waals surface area contributed by atoms with Gasteiger partial charge in [-0.3, -0.25) is 0 Å². The maximum absolute atomic E-state index is 12.3. The smallest absolute Gasteiger partial charge is 0.231 e. The SMILES string of the molecule is CCCCCCCC[S+]([O-])C(C)Cc1ccc2c(c1)OCO2.c1c[nH]cn1.c1c[nH]cn1. The van der Waals surface area contributed by atoms with Gasteiger partial charge in [0.25, 0.3) is 0 Å². The fraction of sp³-hybridized carbons (Fsp3) is 0.500. The van der Waals surface area contributed by atoms with Crippen LogP contribution >= 0.6 is 0 Å². The summed E-state index contributed by atoms with van der Waals surface area (Å²) in [4.78, 5) is 12.8. The summed E-state index contributed by atoms with van der Waals surface area (Å²) in [7, 11) is 0. The summed E-state index contributed by atoms with van der Waals surface area (Å²) in [5.41, 5.74) is 1.17. The third-order valence-electron chi connectivity index (χ3n) is 4.92. The number of hydrogen-bond acceptors (Lipinski definition) is 5. The molecule has 3 heterocycles. The first-order valence-corrected chi connectivity index (χ1v) is 12.7. The summed E-state index contributed by atoms with van der Waals surface area (Å²) in [6.07, 6.45) is 18.5. The third-order valence-corrected chi connectivity index (χ3v) is 6.68. The van der Waals surface area contributed by atoms with Gasteiger partial charge in [-0.25, -0.2) is 9.97 Å². The van der Waals surface area contributed by atoms with Gasteiger partial charge in [0, 0.05) is 31.2 Å². The molecule has 2 N–H and O–H groups in total. The van der Waals surface area contributed by atoms with Crippen molar-refractivity contribution < 1.29 is 14.0 Å². The highest BCUT2D eigenvalue weighted by Gasteiger charge is 2.19. The van der Waals surface area contributed by atoms with Crippen molar-refractivity contribution in [2.24, 2.45) is 0 Å². The summed E-state index contributed by atoms with van der Waals surface area (Å²) >= 11 is -0.743. The normalized spacial score (nSPS) is 13.3. The Balaban J connectivity index is 0.000000294. The molecule has 0 amide bonds. The molecule has 2 aromatic heterocycles. The number of H-pyrrole nitrogens is 2. The molecule has 0 fully saturated rings. The molecule has 0 saturated heterocycles. The molecule has 2 atom stereocenters. The predicted molar refractivity (Wildman–Crippen MR) is 129 cm³/mol. The molecular formula is C24H36N4O3S. The number of benzene rings is 1. The quantitative estimate of drug-likeness (QED) is 0.317. The Morgan fingerprint density at radius 2 is 1.62 bits per heavy atom. The van der Waals surface area contributed by atoms with Crippen LogP contribution in [0.15, 0.2) is 55.6 Å². The molecule has 8 heteroatoms. The molecule has 2 unspecified atom stereocenters. The first-order chi connectivity index (χ1) is 15.7. The van der Waals surface area contributed by atoms with Crippen LogP contribution in [0.1, 0.15) is 57.9 Å². The second-order valence-electron chi connectivity index (χ2n) is 7.58. The molecule has 0 aliphatic carbocycles. The van der Waals surface area contributed by atoms with Crippen molar-refractivity contribution in [3.63, 3.8) is 0 Å². The van der Waals surface area contributed by atoms with Crippen molar-refractivity contribution in [3.8, 4) is 11.5 Å². The number of unbranched alkanes of at least 4 members (excludes halogenated alkanes) is 5. The lowest BCUT2D eigenvalue weighted by Crippen LogP contribution is -2.23. The number of aromatic amines is 2. The second-order valence-corrected chi connectivity index (χ2v) is 9.55. The minimum absolute atomic E-state index is 0.191. The van der Waals surface area contributed by atoms with Crippen molar-refractivity contribution in [2.45, 2.75) is 64.0 Å². The molecule has 3 aromatic rings. The molecule has 32 heavy (non-hydrogen) atoms. The van der Waals surface area contributed by atoms with Crippen molar-refractivity contribution in [1.29, 1.82) is 0 Å². The molecule has 0 radical (unpaired) electrons. The van der Waals surface area contributed by atoms with Crippen LogP contribution in [0, 0.1) is 0 Å². The molecule has 0 bridgehead atoms. The molecule has 1 aromatic carbocycles. The van der Waals surface area contributed by atoms with E-state index >= 15 is 0 Å². The number of rotatable bonds is 10. The number of ether oxygens (including phenoxy) is 2. The van der Waals surface area contributed by atoms with Crippen LogP contribution in [-0.2, 0) is 17.6 Å². The Bertz CT molecular complexity index is 739. The van der Waals surface area contributed by atoms with E-state index in [1.165, 1.54) is 37.7 Å². The van der Waals surface area contributed by atoms with Crippen molar-refractivity contribution >= 4 is 11.2 Å². The third kappa shape index (κ3) is 10.7. The van der Waals surface area contributed by atoms with Gasteiger partial charge in [-0.2, -0.15) is 0 Å². The Morgan fingerprint density at radius 1 is 0.969 bits per heavy atom. The Kier molecular flexibility index (Phi) is 13.1. The van der Waals surface area contributed by atoms with Gasteiger partial charge in [0.2, 0.25) is 6.79 Å². The van der Waals surface area contributed by atoms with Crippen LogP contribution in [0.5, 0.6) is 11.5 Å². The Labute approximate surface area is 194 Å². The number of hydrogen-bond donors (Lipinski definition) is 2. The highest BCUT2D eigenvalue weighted by molar-refractivity contribution is 7.91. The summed E-state index contributed by atoms with van der Waals surface area (Å²) < 4.78 is 23.0. The van der Waals surface area contributed by atoms with E-state index < -0.39 is 11.2 Å². The Hall–Kier alpha value is -2.45. The lowest BCUT2D eigenvalue weighted by atomic mass is 10.1. The number of imidazole rings is 2. The second kappa shape index (κ2) is 16.2. The van der Waals surface area contributed by atoms with Crippen molar-refractivity contribution in [2.75, 3.05) is 12.5 Å². The van der Waals surface area contributed by atoms with E-state index in [1.54, 1.807) is 37.4 Å². The molecule has 7 nitrogen and oxygen atoms in total. The first kappa shape index (κ1) is 25.8. The van der Waals surface area contributed by atoms with Crippen molar-refractivity contribution in [1.82, 2.24) is 19.9 Å². The standard InChI is InChI=1S/C18H28O3S.2C3H4N2/c1-3-4-5-6-7-8-11-22(19)15(2)12-16-9-10-17-18(13-16)21-14-20-17;2*1-2-5-3-4-1/h9-10,13,15H,3-8,11-12,14H2,1-2H3;2*1-3H,(H,4,5). The fourth-order valence-electron chi connectivity index (χ4n) is 3.15. The first-order valence-electron chi connectivity index (χ1n) is 11.3. The van der Waals surface area contributed by atoms with Gasteiger partial charge in [-0.1, -0.05) is 49.8 Å². The molecule has 1 aliphatic rings. The van der Waals surface area contributed by atoms with Gasteiger partial charge < -0.3 is 24.0 Å². The monoisotopic (exact) mass is 460 g/mol. The van der Waals surface area contributed by atoms with Crippen LogP contribution < -0.4 is 9.47 Å². The molecule has 0 spiro atoms. The Morgan fingerprint density at radius 3 is 2.22 bits per heavy atom. The van der Waals surface area contributed by atoms with Gasteiger partial charge in [0.05, 0.1) is 12.7 Å². The fourth-order valence-corrected chi connectivity index (χ4v) is 4.42. The zero-order valence-corrected chi connectivity index (χ0v) is 20.0. The van der Waals surface area contributed by atoms with Gasteiger partial charge in [-0.05, 0) is 37.5 Å². The predicted octanol–water partition coefficient (Wildman–Crippen LogP) is 5.27. The molecule has 4 rings (SSSR count). The summed E-state index contributed by atoms with van der Waals surface area (Å²) in [6.45, 7) is 4.61. The molecule has 176 valence electrons. The number of fused-ring (bicyclic) bond motifs is 1. The van der Waals surface area contributed by atoms with Gasteiger partial charge >= 0.3 is 0 Å².